The van der Waals surface area contributed by atoms with E-state index >= 15 is 0 Å². The highest BCUT2D eigenvalue weighted by Crippen LogP contribution is 2.34. The van der Waals surface area contributed by atoms with Gasteiger partial charge in [0.2, 0.25) is 0 Å². The predicted octanol–water partition coefficient (Wildman–Crippen LogP) is 3.08. The molecule has 2 aromatic rings. The molecule has 0 aliphatic rings. The molecule has 0 aliphatic carbocycles. The number of amides is 1. The Labute approximate surface area is 151 Å². The number of carbonyl (C=O) groups is 3. The summed E-state index contributed by atoms with van der Waals surface area (Å²) in [5, 5.41) is 2.05. The van der Waals surface area contributed by atoms with Crippen molar-refractivity contribution >= 4 is 23.9 Å². The van der Waals surface area contributed by atoms with E-state index in [2.05, 4.69) is 4.74 Å². The number of aldehydes is 1. The molecule has 27 heavy (non-hydrogen) atoms. The lowest BCUT2D eigenvalue weighted by Gasteiger charge is -2.13. The highest BCUT2D eigenvalue weighted by atomic mass is 19.4. The van der Waals surface area contributed by atoms with Crippen molar-refractivity contribution in [2.45, 2.75) is 6.18 Å². The topological polar surface area (TPSA) is 81.7 Å². The minimum atomic E-state index is -4.63. The fourth-order valence-corrected chi connectivity index (χ4v) is 2.00. The van der Waals surface area contributed by atoms with Crippen LogP contribution in [-0.2, 0) is 20.5 Å². The van der Waals surface area contributed by atoms with E-state index in [4.69, 9.17) is 4.74 Å². The average Bonchev–Trinajstić information content (AvgIpc) is 2.64. The van der Waals surface area contributed by atoms with Crippen LogP contribution in [0.5, 0.6) is 5.75 Å². The summed E-state index contributed by atoms with van der Waals surface area (Å²) < 4.78 is 48.3. The lowest BCUT2D eigenvalue weighted by molar-refractivity contribution is -0.149. The Morgan fingerprint density at radius 1 is 1.00 bits per heavy atom. The van der Waals surface area contributed by atoms with Crippen LogP contribution < -0.4 is 10.1 Å². The molecule has 6 nitrogen and oxygen atoms in total. The molecular weight excluding hydrogens is 367 g/mol. The summed E-state index contributed by atoms with van der Waals surface area (Å²) in [5.74, 6) is -1.50. The number of nitrogens with one attached hydrogen (secondary N) is 1. The number of anilines is 1. The number of para-hydroxylation sites is 1. The van der Waals surface area contributed by atoms with Crippen molar-refractivity contribution < 1.29 is 37.0 Å². The Bertz CT molecular complexity index is 818. The molecule has 2 rings (SSSR count). The molecule has 1 amide bonds. The first-order valence-corrected chi connectivity index (χ1v) is 7.59. The zero-order valence-electron chi connectivity index (χ0n) is 13.8. The number of carbonyl (C=O) groups excluding carboxylic acids is 3. The van der Waals surface area contributed by atoms with Crippen LogP contribution in [0.25, 0.3) is 0 Å². The lowest BCUT2D eigenvalue weighted by atomic mass is 10.1. The Balaban J connectivity index is 1.81. The standard InChI is InChI=1S/C18H14F3NO5/c19-18(20,21)14-3-1-2-4-15(14)22-16(24)10-27-17(25)11-26-13-7-5-12(9-23)6-8-13/h1-9H,10-11H2,(H,22,24). The molecule has 0 bridgehead atoms. The van der Waals surface area contributed by atoms with E-state index in [-0.39, 0.29) is 0 Å². The van der Waals surface area contributed by atoms with E-state index in [0.29, 0.717) is 17.6 Å². The van der Waals surface area contributed by atoms with Gasteiger partial charge in [-0.15, -0.1) is 0 Å². The number of benzene rings is 2. The van der Waals surface area contributed by atoms with Gasteiger partial charge in [0, 0.05) is 5.56 Å². The van der Waals surface area contributed by atoms with Crippen LogP contribution in [0.2, 0.25) is 0 Å². The molecule has 142 valence electrons. The molecule has 0 atom stereocenters. The Hall–Kier alpha value is -3.36. The summed E-state index contributed by atoms with van der Waals surface area (Å²) in [4.78, 5) is 33.8. The third kappa shape index (κ3) is 6.14. The monoisotopic (exact) mass is 381 g/mol. The second-order valence-corrected chi connectivity index (χ2v) is 5.23. The van der Waals surface area contributed by atoms with Gasteiger partial charge in [-0.25, -0.2) is 4.79 Å². The molecule has 1 N–H and O–H groups in total. The second-order valence-electron chi connectivity index (χ2n) is 5.23. The van der Waals surface area contributed by atoms with Crippen molar-refractivity contribution in [3.63, 3.8) is 0 Å². The van der Waals surface area contributed by atoms with E-state index in [1.807, 2.05) is 5.32 Å². The van der Waals surface area contributed by atoms with Crippen LogP contribution >= 0.6 is 0 Å². The molecule has 0 aromatic heterocycles. The van der Waals surface area contributed by atoms with E-state index in [9.17, 15) is 27.6 Å². The zero-order chi connectivity index (χ0) is 19.9. The fraction of sp³-hybridized carbons (Fsp3) is 0.167. The molecule has 0 spiro atoms. The maximum Gasteiger partial charge on any atom is 0.418 e. The van der Waals surface area contributed by atoms with Gasteiger partial charge >= 0.3 is 12.1 Å². The highest BCUT2D eigenvalue weighted by Gasteiger charge is 2.33. The first kappa shape index (κ1) is 20.0. The number of halogens is 3. The van der Waals surface area contributed by atoms with Crippen molar-refractivity contribution in [1.29, 1.82) is 0 Å². The summed E-state index contributed by atoms with van der Waals surface area (Å²) in [6.07, 6.45) is -3.98. The van der Waals surface area contributed by atoms with E-state index in [1.54, 1.807) is 0 Å². The van der Waals surface area contributed by atoms with Gasteiger partial charge in [-0.3, -0.25) is 9.59 Å². The van der Waals surface area contributed by atoms with Crippen molar-refractivity contribution in [2.75, 3.05) is 18.5 Å². The van der Waals surface area contributed by atoms with Crippen LogP contribution in [0, 0.1) is 0 Å². The van der Waals surface area contributed by atoms with Crippen LogP contribution in [0.3, 0.4) is 0 Å². The molecule has 2 aromatic carbocycles. The number of esters is 1. The molecule has 0 fully saturated rings. The van der Waals surface area contributed by atoms with E-state index < -0.39 is 42.5 Å². The lowest BCUT2D eigenvalue weighted by Crippen LogP contribution is -2.24. The normalized spacial score (nSPS) is 10.8. The summed E-state index contributed by atoms with van der Waals surface area (Å²) in [6.45, 7) is -1.27. The molecular formula is C18H14F3NO5. The van der Waals surface area contributed by atoms with Gasteiger partial charge < -0.3 is 14.8 Å². The number of hydrogen-bond acceptors (Lipinski definition) is 5. The molecule has 0 radical (unpaired) electrons. The van der Waals surface area contributed by atoms with Gasteiger partial charge in [0.1, 0.15) is 12.0 Å². The van der Waals surface area contributed by atoms with Gasteiger partial charge in [-0.05, 0) is 36.4 Å². The van der Waals surface area contributed by atoms with Crippen molar-refractivity contribution in [3.05, 3.63) is 59.7 Å². The van der Waals surface area contributed by atoms with Gasteiger partial charge in [-0.2, -0.15) is 13.2 Å². The summed E-state index contributed by atoms with van der Waals surface area (Å²) in [7, 11) is 0. The molecule has 9 heteroatoms. The van der Waals surface area contributed by atoms with Gasteiger partial charge in [0.25, 0.3) is 5.91 Å². The first-order valence-electron chi connectivity index (χ1n) is 7.59. The van der Waals surface area contributed by atoms with E-state index in [1.165, 1.54) is 36.4 Å². The Kier molecular flexibility index (Phi) is 6.53. The Morgan fingerprint density at radius 2 is 1.67 bits per heavy atom. The summed E-state index contributed by atoms with van der Waals surface area (Å²) in [6, 6.07) is 10.4. The van der Waals surface area contributed by atoms with Crippen LogP contribution in [0.4, 0.5) is 18.9 Å². The smallest absolute Gasteiger partial charge is 0.418 e. The zero-order valence-corrected chi connectivity index (χ0v) is 13.8. The average molecular weight is 381 g/mol. The second kappa shape index (κ2) is 8.84. The van der Waals surface area contributed by atoms with Crippen molar-refractivity contribution in [2.24, 2.45) is 0 Å². The summed E-state index contributed by atoms with van der Waals surface area (Å²) in [5.41, 5.74) is -1.01. The maximum atomic E-state index is 12.8. The van der Waals surface area contributed by atoms with Gasteiger partial charge in [0.15, 0.2) is 13.2 Å². The third-order valence-electron chi connectivity index (χ3n) is 3.24. The molecule has 0 saturated carbocycles. The van der Waals surface area contributed by atoms with Gasteiger partial charge in [0.05, 0.1) is 11.3 Å². The predicted molar refractivity (Wildman–Crippen MR) is 88.4 cm³/mol. The minimum absolute atomic E-state index is 0.307. The number of hydrogen-bond donors (Lipinski definition) is 1. The quantitative estimate of drug-likeness (QED) is 0.589. The molecule has 0 heterocycles. The first-order chi connectivity index (χ1) is 12.8. The third-order valence-corrected chi connectivity index (χ3v) is 3.24. The summed E-state index contributed by atoms with van der Waals surface area (Å²) >= 11 is 0. The van der Waals surface area contributed by atoms with Crippen molar-refractivity contribution in [1.82, 2.24) is 0 Å². The van der Waals surface area contributed by atoms with Crippen LogP contribution in [-0.4, -0.2) is 31.4 Å². The number of ether oxygens (including phenoxy) is 2. The molecule has 0 saturated heterocycles. The molecule has 0 aliphatic heterocycles. The van der Waals surface area contributed by atoms with Crippen LogP contribution in [0.1, 0.15) is 15.9 Å². The Morgan fingerprint density at radius 3 is 2.30 bits per heavy atom. The fourth-order valence-electron chi connectivity index (χ4n) is 2.00. The number of rotatable bonds is 7. The molecule has 0 unspecified atom stereocenters. The number of alkyl halides is 3. The van der Waals surface area contributed by atoms with Crippen LogP contribution in [0.15, 0.2) is 48.5 Å². The maximum absolute atomic E-state index is 12.8. The largest absolute Gasteiger partial charge is 0.482 e. The van der Waals surface area contributed by atoms with Crippen molar-refractivity contribution in [3.8, 4) is 5.75 Å². The van der Waals surface area contributed by atoms with E-state index in [0.717, 1.165) is 12.1 Å². The SMILES string of the molecule is O=Cc1ccc(OCC(=O)OCC(=O)Nc2ccccc2C(F)(F)F)cc1. The highest BCUT2D eigenvalue weighted by molar-refractivity contribution is 5.93. The minimum Gasteiger partial charge on any atom is -0.482 e. The van der Waals surface area contributed by atoms with Gasteiger partial charge in [-0.1, -0.05) is 12.1 Å².